The van der Waals surface area contributed by atoms with Gasteiger partial charge in [0.1, 0.15) is 17.5 Å². The number of carbonyl (C=O) groups excluding carboxylic acids is 3. The number of esters is 1. The van der Waals surface area contributed by atoms with Crippen molar-refractivity contribution in [1.29, 1.82) is 0 Å². The fourth-order valence-corrected chi connectivity index (χ4v) is 9.01. The summed E-state index contributed by atoms with van der Waals surface area (Å²) in [5.74, 6) is -7.28. The molecule has 2 saturated heterocycles. The van der Waals surface area contributed by atoms with E-state index in [9.17, 15) is 39.9 Å². The number of fused-ring (bicyclic) bond motifs is 2. The molecule has 2 fully saturated rings. The fourth-order valence-electron chi connectivity index (χ4n) is 9.01. The molecule has 3 rings (SSSR count). The van der Waals surface area contributed by atoms with Crippen molar-refractivity contribution in [3.8, 4) is 0 Å². The van der Waals surface area contributed by atoms with Gasteiger partial charge in [-0.15, -0.1) is 0 Å². The van der Waals surface area contributed by atoms with Crippen LogP contribution in [0.1, 0.15) is 121 Å². The number of rotatable bonds is 3. The number of aliphatic hydroxyl groups excluding tert-OH is 4. The van der Waals surface area contributed by atoms with Crippen LogP contribution in [0.2, 0.25) is 0 Å². The zero-order valence-corrected chi connectivity index (χ0v) is 35.8. The zero-order chi connectivity index (χ0) is 42.3. The molecule has 4 unspecified atom stereocenters. The molecule has 56 heavy (non-hydrogen) atoms. The first-order valence-corrected chi connectivity index (χ1v) is 21.2. The zero-order valence-electron chi connectivity index (χ0n) is 35.8. The first kappa shape index (κ1) is 48.1. The Bertz CT molecular complexity index is 1390. The first-order chi connectivity index (χ1) is 26.1. The maximum Gasteiger partial charge on any atom is 0.330 e. The van der Waals surface area contributed by atoms with Crippen molar-refractivity contribution >= 4 is 17.5 Å². The molecule has 3 heterocycles. The minimum atomic E-state index is -2.18. The van der Waals surface area contributed by atoms with Crippen molar-refractivity contribution in [1.82, 2.24) is 0 Å². The van der Waals surface area contributed by atoms with E-state index >= 15 is 0 Å². The lowest BCUT2D eigenvalue weighted by Crippen LogP contribution is -2.62. The highest BCUT2D eigenvalue weighted by Crippen LogP contribution is 2.49. The Hall–Kier alpha value is -2.25. The second kappa shape index (κ2) is 20.6. The second-order valence-corrected chi connectivity index (χ2v) is 18.0. The minimum Gasteiger partial charge on any atom is -0.458 e. The van der Waals surface area contributed by atoms with Crippen molar-refractivity contribution in [3.63, 3.8) is 0 Å². The fraction of sp³-hybridized carbons (Fsp3) is 0.800. The van der Waals surface area contributed by atoms with Gasteiger partial charge in [0, 0.05) is 48.0 Å². The summed E-state index contributed by atoms with van der Waals surface area (Å²) in [4.78, 5) is 40.5. The number of hydrogen-bond donors (Lipinski definition) is 5. The maximum atomic E-state index is 13.5. The minimum absolute atomic E-state index is 0.168. The summed E-state index contributed by atoms with van der Waals surface area (Å²) in [6, 6.07) is 0. The number of allylic oxidation sites excluding steroid dienone is 4. The molecule has 3 aliphatic rings. The summed E-state index contributed by atoms with van der Waals surface area (Å²) in [5.41, 5.74) is -2.18. The van der Waals surface area contributed by atoms with E-state index in [1.165, 1.54) is 39.8 Å². The SMILES string of the molecule is CCC1/C=C/C=C\C[C@H](C)[C@@H](O)[C@](C)(O)C(=O)[C@H](C)[C@@H](O)[C@H](C)C(=O)[C@H](C)[C@@H](O)[C@H](C)/C=C/C(=O)OC2[C@@H](C)C(CC1)O[C@@]1(CC[C@@H](C)C(C[C@H](C)O)O1)[C@@H]2C. The van der Waals surface area contributed by atoms with Gasteiger partial charge in [0.2, 0.25) is 0 Å². The predicted molar refractivity (Wildman–Crippen MR) is 215 cm³/mol. The lowest BCUT2D eigenvalue weighted by atomic mass is 9.74. The van der Waals surface area contributed by atoms with Gasteiger partial charge in [-0.2, -0.15) is 0 Å². The van der Waals surface area contributed by atoms with Gasteiger partial charge < -0.3 is 39.7 Å². The number of ketones is 2. The predicted octanol–water partition coefficient (Wildman–Crippen LogP) is 5.88. The Balaban J connectivity index is 1.99. The highest BCUT2D eigenvalue weighted by molar-refractivity contribution is 5.91. The molecule has 11 heteroatoms. The Morgan fingerprint density at radius 2 is 1.48 bits per heavy atom. The quantitative estimate of drug-likeness (QED) is 0.216. The van der Waals surface area contributed by atoms with Crippen LogP contribution >= 0.6 is 0 Å². The molecule has 11 nitrogen and oxygen atoms in total. The van der Waals surface area contributed by atoms with Gasteiger partial charge in [-0.05, 0) is 70.1 Å². The van der Waals surface area contributed by atoms with Crippen molar-refractivity contribution < 1.29 is 54.1 Å². The highest BCUT2D eigenvalue weighted by Gasteiger charge is 2.56. The third-order valence-electron chi connectivity index (χ3n) is 13.4. The standard InChI is InChI=1S/C45H74O11/c1-12-34-17-15-13-14-16-27(4)42(51)44(11,53)43(52)32(9)40(50)31(8)39(49)30(7)38(48)26(3)18-21-37(47)54-41-29(6)35(20-19-34)55-45(33(41)10)23-22-25(2)36(56-45)24-28(5)46/h13-15,17-18,21,25-36,38,40-42,46,48,50-51,53H,12,16,19-20,22-24H2,1-11H3/b14-13-,17-15+,21-18+/t25-,26-,27+,28+,29+,30-,31-,32-,33-,34?,35?,36?,38+,40+,41?,42-,44+,45-/m1/s1. The number of ether oxygens (including phenoxy) is 3. The molecule has 0 amide bonds. The van der Waals surface area contributed by atoms with E-state index in [4.69, 9.17) is 14.2 Å². The van der Waals surface area contributed by atoms with Gasteiger partial charge >= 0.3 is 5.97 Å². The van der Waals surface area contributed by atoms with Crippen LogP contribution in [0.4, 0.5) is 0 Å². The summed E-state index contributed by atoms with van der Waals surface area (Å²) < 4.78 is 20.0. The molecule has 3 aliphatic heterocycles. The summed E-state index contributed by atoms with van der Waals surface area (Å²) in [6.45, 7) is 19.1. The van der Waals surface area contributed by atoms with Crippen LogP contribution in [0.15, 0.2) is 36.5 Å². The molecular weight excluding hydrogens is 716 g/mol. The van der Waals surface area contributed by atoms with Crippen LogP contribution in [0.25, 0.3) is 0 Å². The topological polar surface area (TPSA) is 180 Å². The van der Waals surface area contributed by atoms with Crippen LogP contribution < -0.4 is 0 Å². The summed E-state index contributed by atoms with van der Waals surface area (Å²) in [7, 11) is 0. The maximum absolute atomic E-state index is 13.5. The van der Waals surface area contributed by atoms with Crippen LogP contribution in [0.5, 0.6) is 0 Å². The molecule has 0 aromatic heterocycles. The molecular formula is C45H74O11. The molecule has 320 valence electrons. The van der Waals surface area contributed by atoms with Crippen LogP contribution in [-0.2, 0) is 28.6 Å². The normalized spacial score (nSPS) is 46.8. The molecule has 1 spiro atoms. The van der Waals surface area contributed by atoms with Crippen molar-refractivity contribution in [3.05, 3.63) is 36.5 Å². The summed E-state index contributed by atoms with van der Waals surface area (Å²) in [6.07, 6.45) is 9.62. The third-order valence-corrected chi connectivity index (χ3v) is 13.4. The van der Waals surface area contributed by atoms with Crippen molar-refractivity contribution in [2.24, 2.45) is 53.3 Å². The molecule has 0 radical (unpaired) electrons. The smallest absolute Gasteiger partial charge is 0.330 e. The highest BCUT2D eigenvalue weighted by atomic mass is 16.7. The van der Waals surface area contributed by atoms with E-state index < -0.39 is 89.0 Å². The molecule has 0 saturated carbocycles. The molecule has 18 atom stereocenters. The molecule has 0 aromatic carbocycles. The number of aliphatic hydroxyl groups is 5. The van der Waals surface area contributed by atoms with Crippen molar-refractivity contribution in [2.45, 2.75) is 175 Å². The largest absolute Gasteiger partial charge is 0.458 e. The summed E-state index contributed by atoms with van der Waals surface area (Å²) >= 11 is 0. The third kappa shape index (κ3) is 11.5. The number of carbonyl (C=O) groups is 3. The average Bonchev–Trinajstić information content (AvgIpc) is 3.16. The average molecular weight is 791 g/mol. The Morgan fingerprint density at radius 3 is 2.11 bits per heavy atom. The van der Waals surface area contributed by atoms with Gasteiger partial charge in [-0.25, -0.2) is 4.79 Å². The Morgan fingerprint density at radius 1 is 0.839 bits per heavy atom. The van der Waals surface area contributed by atoms with E-state index in [1.807, 2.05) is 32.1 Å². The van der Waals surface area contributed by atoms with Gasteiger partial charge in [-0.1, -0.05) is 92.7 Å². The number of Topliss-reactive ketones (excluding diaryl/α,β-unsaturated/α-hetero) is 2. The first-order valence-electron chi connectivity index (χ1n) is 21.2. The monoisotopic (exact) mass is 791 g/mol. The van der Waals surface area contributed by atoms with E-state index in [-0.39, 0.29) is 35.9 Å². The molecule has 2 bridgehead atoms. The second-order valence-electron chi connectivity index (χ2n) is 18.0. The van der Waals surface area contributed by atoms with Crippen LogP contribution in [0.3, 0.4) is 0 Å². The molecule has 5 N–H and O–H groups in total. The van der Waals surface area contributed by atoms with E-state index in [2.05, 4.69) is 19.9 Å². The van der Waals surface area contributed by atoms with E-state index in [0.717, 1.165) is 19.3 Å². The molecule has 0 aromatic rings. The van der Waals surface area contributed by atoms with Crippen LogP contribution in [-0.4, -0.2) is 97.2 Å². The summed E-state index contributed by atoms with van der Waals surface area (Å²) in [5, 5.41) is 55.0. The van der Waals surface area contributed by atoms with Gasteiger partial charge in [0.25, 0.3) is 0 Å². The van der Waals surface area contributed by atoms with Crippen LogP contribution in [0, 0.1) is 53.3 Å². The number of hydrogen-bond acceptors (Lipinski definition) is 11. The van der Waals surface area contributed by atoms with Gasteiger partial charge in [0.15, 0.2) is 11.6 Å². The Kier molecular flexibility index (Phi) is 17.7. The Labute approximate surface area is 336 Å². The van der Waals surface area contributed by atoms with E-state index in [0.29, 0.717) is 25.7 Å². The van der Waals surface area contributed by atoms with E-state index in [1.54, 1.807) is 20.8 Å². The lowest BCUT2D eigenvalue weighted by molar-refractivity contribution is -0.371. The van der Waals surface area contributed by atoms with Crippen molar-refractivity contribution in [2.75, 3.05) is 0 Å². The van der Waals surface area contributed by atoms with Gasteiger partial charge in [-0.3, -0.25) is 9.59 Å². The lowest BCUT2D eigenvalue weighted by Gasteiger charge is -2.55. The molecule has 0 aliphatic carbocycles. The van der Waals surface area contributed by atoms with Gasteiger partial charge in [0.05, 0.1) is 36.6 Å².